The van der Waals surface area contributed by atoms with Gasteiger partial charge in [0.1, 0.15) is 0 Å². The van der Waals surface area contributed by atoms with E-state index in [0.717, 1.165) is 5.92 Å². The van der Waals surface area contributed by atoms with Crippen LogP contribution < -0.4 is 11.1 Å². The van der Waals surface area contributed by atoms with Crippen molar-refractivity contribution in [3.05, 3.63) is 0 Å². The molecule has 0 aromatic carbocycles. The first kappa shape index (κ1) is 17.7. The highest BCUT2D eigenvalue weighted by molar-refractivity contribution is 5.85. The van der Waals surface area contributed by atoms with Crippen molar-refractivity contribution in [3.8, 4) is 0 Å². The third kappa shape index (κ3) is 4.77. The summed E-state index contributed by atoms with van der Waals surface area (Å²) in [6, 6.07) is 0. The van der Waals surface area contributed by atoms with Gasteiger partial charge in [-0.25, -0.2) is 0 Å². The summed E-state index contributed by atoms with van der Waals surface area (Å²) in [6.07, 6.45) is 4.35. The molecule has 3 atom stereocenters. The van der Waals surface area contributed by atoms with Gasteiger partial charge >= 0.3 is 0 Å². The summed E-state index contributed by atoms with van der Waals surface area (Å²) < 4.78 is 0. The summed E-state index contributed by atoms with van der Waals surface area (Å²) in [4.78, 5) is 12.0. The van der Waals surface area contributed by atoms with Crippen molar-refractivity contribution in [1.82, 2.24) is 5.32 Å². The summed E-state index contributed by atoms with van der Waals surface area (Å²) in [7, 11) is 0. The standard InChI is InChI=1S/C14H28N2O.ClH/c1-10(2)14(4,9-15)16-13(17)8-12-6-5-11(3)7-12;/h10-12H,5-9,15H2,1-4H3,(H,16,17);1H. The smallest absolute Gasteiger partial charge is 0.220 e. The van der Waals surface area contributed by atoms with Crippen LogP contribution >= 0.6 is 12.4 Å². The minimum atomic E-state index is -0.263. The lowest BCUT2D eigenvalue weighted by atomic mass is 9.88. The molecular formula is C14H29ClN2O. The van der Waals surface area contributed by atoms with Crippen molar-refractivity contribution in [3.63, 3.8) is 0 Å². The van der Waals surface area contributed by atoms with E-state index in [-0.39, 0.29) is 23.9 Å². The molecule has 108 valence electrons. The molecule has 3 N–H and O–H groups in total. The summed E-state index contributed by atoms with van der Waals surface area (Å²) in [6.45, 7) is 9.01. The van der Waals surface area contributed by atoms with E-state index in [0.29, 0.717) is 24.8 Å². The van der Waals surface area contributed by atoms with Gasteiger partial charge in [0, 0.05) is 13.0 Å². The number of nitrogens with two attached hydrogens (primary N) is 1. The molecule has 0 spiro atoms. The van der Waals surface area contributed by atoms with Gasteiger partial charge in [-0.3, -0.25) is 4.79 Å². The molecule has 1 fully saturated rings. The molecule has 1 rings (SSSR count). The van der Waals surface area contributed by atoms with E-state index in [1.807, 2.05) is 6.92 Å². The van der Waals surface area contributed by atoms with E-state index in [1.54, 1.807) is 0 Å². The third-order valence-corrected chi connectivity index (χ3v) is 4.40. The number of nitrogens with one attached hydrogen (secondary N) is 1. The molecular weight excluding hydrogens is 248 g/mol. The number of hydrogen-bond acceptors (Lipinski definition) is 2. The second kappa shape index (κ2) is 7.34. The summed E-state index contributed by atoms with van der Waals surface area (Å²) in [5, 5.41) is 3.12. The maximum Gasteiger partial charge on any atom is 0.220 e. The van der Waals surface area contributed by atoms with E-state index in [1.165, 1.54) is 19.3 Å². The van der Waals surface area contributed by atoms with Crippen molar-refractivity contribution in [2.45, 2.75) is 58.9 Å². The highest BCUT2D eigenvalue weighted by Crippen LogP contribution is 2.32. The largest absolute Gasteiger partial charge is 0.349 e. The van der Waals surface area contributed by atoms with Crippen molar-refractivity contribution in [2.75, 3.05) is 6.54 Å². The third-order valence-electron chi connectivity index (χ3n) is 4.40. The number of amides is 1. The first-order valence-corrected chi connectivity index (χ1v) is 6.88. The maximum atomic E-state index is 12.0. The van der Waals surface area contributed by atoms with Crippen LogP contribution in [0.5, 0.6) is 0 Å². The van der Waals surface area contributed by atoms with E-state index in [2.05, 4.69) is 26.1 Å². The van der Waals surface area contributed by atoms with Gasteiger partial charge in [0.15, 0.2) is 0 Å². The Bertz CT molecular complexity index is 271. The lowest BCUT2D eigenvalue weighted by molar-refractivity contribution is -0.124. The van der Waals surface area contributed by atoms with E-state index >= 15 is 0 Å². The van der Waals surface area contributed by atoms with Crippen molar-refractivity contribution in [2.24, 2.45) is 23.5 Å². The van der Waals surface area contributed by atoms with Gasteiger partial charge in [0.05, 0.1) is 5.54 Å². The Balaban J connectivity index is 0.00000289. The van der Waals surface area contributed by atoms with Crippen LogP contribution in [0.3, 0.4) is 0 Å². The van der Waals surface area contributed by atoms with Crippen LogP contribution in [0.4, 0.5) is 0 Å². The molecule has 0 aromatic heterocycles. The average molecular weight is 277 g/mol. The predicted octanol–water partition coefficient (Wildman–Crippen LogP) is 2.72. The summed E-state index contributed by atoms with van der Waals surface area (Å²) in [5.74, 6) is 1.91. The minimum absolute atomic E-state index is 0. The van der Waals surface area contributed by atoms with Crippen molar-refractivity contribution < 1.29 is 4.79 Å². The molecule has 4 heteroatoms. The molecule has 1 amide bonds. The fourth-order valence-electron chi connectivity index (χ4n) is 2.57. The van der Waals surface area contributed by atoms with Gasteiger partial charge in [-0.15, -0.1) is 12.4 Å². The predicted molar refractivity (Wildman–Crippen MR) is 78.8 cm³/mol. The van der Waals surface area contributed by atoms with Crippen LogP contribution in [0.1, 0.15) is 53.4 Å². The number of carbonyl (C=O) groups excluding carboxylic acids is 1. The average Bonchev–Trinajstić information content (AvgIpc) is 2.63. The summed E-state index contributed by atoms with van der Waals surface area (Å²) in [5.41, 5.74) is 5.51. The first-order valence-electron chi connectivity index (χ1n) is 6.88. The second-order valence-electron chi connectivity index (χ2n) is 6.31. The van der Waals surface area contributed by atoms with E-state index < -0.39 is 0 Å². The second-order valence-corrected chi connectivity index (χ2v) is 6.31. The Morgan fingerprint density at radius 3 is 2.44 bits per heavy atom. The van der Waals surface area contributed by atoms with Gasteiger partial charge in [-0.1, -0.05) is 27.2 Å². The van der Waals surface area contributed by atoms with Gasteiger partial charge < -0.3 is 11.1 Å². The number of rotatable bonds is 5. The minimum Gasteiger partial charge on any atom is -0.349 e. The fraction of sp³-hybridized carbons (Fsp3) is 0.929. The Morgan fingerprint density at radius 2 is 2.06 bits per heavy atom. The maximum absolute atomic E-state index is 12.0. The van der Waals surface area contributed by atoms with Crippen LogP contribution in [-0.2, 0) is 4.79 Å². The molecule has 3 nitrogen and oxygen atoms in total. The Morgan fingerprint density at radius 1 is 1.44 bits per heavy atom. The zero-order chi connectivity index (χ0) is 13.1. The monoisotopic (exact) mass is 276 g/mol. The summed E-state index contributed by atoms with van der Waals surface area (Å²) >= 11 is 0. The van der Waals surface area contributed by atoms with Crippen LogP contribution in [0.2, 0.25) is 0 Å². The highest BCUT2D eigenvalue weighted by atomic mass is 35.5. The number of hydrogen-bond donors (Lipinski definition) is 2. The quantitative estimate of drug-likeness (QED) is 0.811. The van der Waals surface area contributed by atoms with Crippen LogP contribution in [0, 0.1) is 17.8 Å². The zero-order valence-corrected chi connectivity index (χ0v) is 13.0. The molecule has 0 aromatic rings. The highest BCUT2D eigenvalue weighted by Gasteiger charge is 2.30. The molecule has 1 aliphatic carbocycles. The molecule has 0 heterocycles. The molecule has 0 radical (unpaired) electrons. The number of halogens is 1. The molecule has 3 unspecified atom stereocenters. The van der Waals surface area contributed by atoms with Crippen LogP contribution in [-0.4, -0.2) is 18.0 Å². The van der Waals surface area contributed by atoms with Crippen molar-refractivity contribution in [1.29, 1.82) is 0 Å². The van der Waals surface area contributed by atoms with Gasteiger partial charge in [-0.05, 0) is 37.5 Å². The SMILES string of the molecule is CC1CCC(CC(=O)NC(C)(CN)C(C)C)C1.Cl. The van der Waals surface area contributed by atoms with E-state index in [4.69, 9.17) is 5.73 Å². The lowest BCUT2D eigenvalue weighted by Gasteiger charge is -2.34. The fourth-order valence-corrected chi connectivity index (χ4v) is 2.57. The van der Waals surface area contributed by atoms with Crippen LogP contribution in [0.15, 0.2) is 0 Å². The Labute approximate surface area is 118 Å². The normalized spacial score (nSPS) is 26.6. The van der Waals surface area contributed by atoms with E-state index in [9.17, 15) is 4.79 Å². The molecule has 0 bridgehead atoms. The van der Waals surface area contributed by atoms with Gasteiger partial charge in [-0.2, -0.15) is 0 Å². The van der Waals surface area contributed by atoms with Crippen molar-refractivity contribution >= 4 is 18.3 Å². The molecule has 0 aliphatic heterocycles. The first-order chi connectivity index (χ1) is 7.87. The lowest BCUT2D eigenvalue weighted by Crippen LogP contribution is -2.55. The molecule has 18 heavy (non-hydrogen) atoms. The molecule has 0 saturated heterocycles. The van der Waals surface area contributed by atoms with Gasteiger partial charge in [0.2, 0.25) is 5.91 Å². The molecule has 1 aliphatic rings. The zero-order valence-electron chi connectivity index (χ0n) is 12.2. The Hall–Kier alpha value is -0.280. The Kier molecular flexibility index (Phi) is 7.23. The number of carbonyl (C=O) groups is 1. The van der Waals surface area contributed by atoms with Crippen LogP contribution in [0.25, 0.3) is 0 Å². The topological polar surface area (TPSA) is 55.1 Å². The van der Waals surface area contributed by atoms with Gasteiger partial charge in [0.25, 0.3) is 0 Å². The molecule has 1 saturated carbocycles.